The van der Waals surface area contributed by atoms with E-state index in [-0.39, 0.29) is 10.6 Å². The van der Waals surface area contributed by atoms with E-state index in [1.165, 1.54) is 32.4 Å². The molecule has 6 heteroatoms. The van der Waals surface area contributed by atoms with Crippen molar-refractivity contribution in [2.45, 2.75) is 4.90 Å². The molecule has 1 heterocycles. The zero-order valence-electron chi connectivity index (χ0n) is 7.80. The molecule has 1 aromatic rings. The van der Waals surface area contributed by atoms with Crippen LogP contribution in [-0.2, 0) is 10.0 Å². The summed E-state index contributed by atoms with van der Waals surface area (Å²) in [4.78, 5) is 3.76. The monoisotopic (exact) mass is 211 g/mol. The van der Waals surface area contributed by atoms with E-state index in [1.807, 2.05) is 6.07 Å². The molecule has 14 heavy (non-hydrogen) atoms. The normalized spacial score (nSPS) is 11.3. The average molecular weight is 211 g/mol. The number of nitriles is 1. The number of hydrogen-bond acceptors (Lipinski definition) is 4. The molecular formula is C8H9N3O2S. The molecular weight excluding hydrogens is 202 g/mol. The van der Waals surface area contributed by atoms with Crippen LogP contribution in [0.25, 0.3) is 0 Å². The highest BCUT2D eigenvalue weighted by Crippen LogP contribution is 2.11. The number of aromatic nitrogens is 1. The fraction of sp³-hybridized carbons (Fsp3) is 0.250. The predicted molar refractivity (Wildman–Crippen MR) is 49.8 cm³/mol. The van der Waals surface area contributed by atoms with Crippen LogP contribution in [0.3, 0.4) is 0 Å². The van der Waals surface area contributed by atoms with E-state index < -0.39 is 10.0 Å². The van der Waals surface area contributed by atoms with Gasteiger partial charge in [0.05, 0.1) is 0 Å². The van der Waals surface area contributed by atoms with Gasteiger partial charge in [-0.2, -0.15) is 5.26 Å². The predicted octanol–water partition coefficient (Wildman–Crippen LogP) is 0.204. The van der Waals surface area contributed by atoms with Gasteiger partial charge in [0.1, 0.15) is 16.7 Å². The van der Waals surface area contributed by atoms with E-state index in [2.05, 4.69) is 4.98 Å². The van der Waals surface area contributed by atoms with Gasteiger partial charge in [0.2, 0.25) is 10.0 Å². The summed E-state index contributed by atoms with van der Waals surface area (Å²) >= 11 is 0. The highest BCUT2D eigenvalue weighted by Gasteiger charge is 2.16. The molecule has 0 aromatic carbocycles. The number of hydrogen-bond donors (Lipinski definition) is 0. The minimum absolute atomic E-state index is 0.0847. The molecule has 0 spiro atoms. The van der Waals surface area contributed by atoms with Gasteiger partial charge in [-0.3, -0.25) is 0 Å². The van der Waals surface area contributed by atoms with Gasteiger partial charge < -0.3 is 0 Å². The summed E-state index contributed by atoms with van der Waals surface area (Å²) in [6.45, 7) is 0. The standard InChI is InChI=1S/C8H9N3O2S/c1-11(2)14(12,13)8-4-3-7(5-9)10-6-8/h3-4,6H,1-2H3. The van der Waals surface area contributed by atoms with Crippen molar-refractivity contribution in [3.8, 4) is 6.07 Å². The number of pyridine rings is 1. The number of sulfonamides is 1. The molecule has 74 valence electrons. The molecule has 0 aliphatic heterocycles. The Morgan fingerprint density at radius 1 is 1.43 bits per heavy atom. The van der Waals surface area contributed by atoms with Crippen molar-refractivity contribution in [3.63, 3.8) is 0 Å². The van der Waals surface area contributed by atoms with Gasteiger partial charge in [-0.25, -0.2) is 17.7 Å². The molecule has 0 N–H and O–H groups in total. The highest BCUT2D eigenvalue weighted by molar-refractivity contribution is 7.89. The van der Waals surface area contributed by atoms with Crippen LogP contribution in [-0.4, -0.2) is 31.8 Å². The van der Waals surface area contributed by atoms with Crippen molar-refractivity contribution in [2.24, 2.45) is 0 Å². The molecule has 0 fully saturated rings. The Hall–Kier alpha value is -1.45. The van der Waals surface area contributed by atoms with Crippen LogP contribution in [0.1, 0.15) is 5.69 Å². The third-order valence-corrected chi connectivity index (χ3v) is 3.43. The summed E-state index contributed by atoms with van der Waals surface area (Å²) in [6, 6.07) is 4.55. The highest BCUT2D eigenvalue weighted by atomic mass is 32.2. The maximum atomic E-state index is 11.5. The Labute approximate surface area is 82.7 Å². The topological polar surface area (TPSA) is 74.1 Å². The molecule has 5 nitrogen and oxygen atoms in total. The van der Waals surface area contributed by atoms with Gasteiger partial charge in [-0.1, -0.05) is 0 Å². The molecule has 0 aliphatic carbocycles. The van der Waals surface area contributed by atoms with Crippen LogP contribution in [0.2, 0.25) is 0 Å². The van der Waals surface area contributed by atoms with Crippen molar-refractivity contribution in [1.82, 2.24) is 9.29 Å². The van der Waals surface area contributed by atoms with Crippen molar-refractivity contribution in [3.05, 3.63) is 24.0 Å². The fourth-order valence-corrected chi connectivity index (χ4v) is 1.66. The second kappa shape index (κ2) is 3.74. The molecule has 0 unspecified atom stereocenters. The summed E-state index contributed by atoms with van der Waals surface area (Å²) in [6.07, 6.45) is 1.17. The van der Waals surface area contributed by atoms with Crippen molar-refractivity contribution in [1.29, 1.82) is 5.26 Å². The SMILES string of the molecule is CN(C)S(=O)(=O)c1ccc(C#N)nc1. The molecule has 1 aromatic heterocycles. The lowest BCUT2D eigenvalue weighted by Gasteiger charge is -2.10. The number of rotatable bonds is 2. The lowest BCUT2D eigenvalue weighted by Crippen LogP contribution is -2.22. The summed E-state index contributed by atoms with van der Waals surface area (Å²) < 4.78 is 24.2. The third-order valence-electron chi connectivity index (χ3n) is 1.63. The third kappa shape index (κ3) is 1.89. The Balaban J connectivity index is 3.18. The Morgan fingerprint density at radius 3 is 2.43 bits per heavy atom. The van der Waals surface area contributed by atoms with E-state index in [9.17, 15) is 8.42 Å². The maximum absolute atomic E-state index is 11.5. The van der Waals surface area contributed by atoms with E-state index >= 15 is 0 Å². The van der Waals surface area contributed by atoms with Gasteiger partial charge in [0, 0.05) is 20.3 Å². The maximum Gasteiger partial charge on any atom is 0.244 e. The zero-order valence-corrected chi connectivity index (χ0v) is 8.61. The quantitative estimate of drug-likeness (QED) is 0.700. The second-order valence-corrected chi connectivity index (χ2v) is 4.93. The van der Waals surface area contributed by atoms with Gasteiger partial charge in [0.15, 0.2) is 0 Å². The number of nitrogens with zero attached hydrogens (tertiary/aromatic N) is 3. The molecule has 0 aliphatic rings. The summed E-state index contributed by atoms with van der Waals surface area (Å²) in [5.74, 6) is 0. The van der Waals surface area contributed by atoms with Gasteiger partial charge in [0.25, 0.3) is 0 Å². The van der Waals surface area contributed by atoms with Crippen molar-refractivity contribution < 1.29 is 8.42 Å². The van der Waals surface area contributed by atoms with Crippen molar-refractivity contribution >= 4 is 10.0 Å². The first-order chi connectivity index (χ1) is 6.48. The first-order valence-corrected chi connectivity index (χ1v) is 5.21. The van der Waals surface area contributed by atoms with Crippen LogP contribution < -0.4 is 0 Å². The lowest BCUT2D eigenvalue weighted by molar-refractivity contribution is 0.520. The van der Waals surface area contributed by atoms with E-state index in [0.717, 1.165) is 4.31 Å². The summed E-state index contributed by atoms with van der Waals surface area (Å²) in [5.41, 5.74) is 0.197. The Morgan fingerprint density at radius 2 is 2.07 bits per heavy atom. The first-order valence-electron chi connectivity index (χ1n) is 3.77. The fourth-order valence-electron chi connectivity index (χ4n) is 0.810. The van der Waals surface area contributed by atoms with Crippen LogP contribution in [0.15, 0.2) is 23.2 Å². The van der Waals surface area contributed by atoms with Crippen molar-refractivity contribution in [2.75, 3.05) is 14.1 Å². The molecule has 0 saturated carbocycles. The van der Waals surface area contributed by atoms with Gasteiger partial charge >= 0.3 is 0 Å². The molecule has 0 saturated heterocycles. The molecule has 0 bridgehead atoms. The largest absolute Gasteiger partial charge is 0.244 e. The zero-order chi connectivity index (χ0) is 10.8. The van der Waals surface area contributed by atoms with Crippen LogP contribution >= 0.6 is 0 Å². The Kier molecular flexibility index (Phi) is 2.84. The molecule has 0 atom stereocenters. The van der Waals surface area contributed by atoms with Gasteiger partial charge in [-0.05, 0) is 12.1 Å². The van der Waals surface area contributed by atoms with Gasteiger partial charge in [-0.15, -0.1) is 0 Å². The minimum Gasteiger partial charge on any atom is -0.244 e. The van der Waals surface area contributed by atoms with E-state index in [4.69, 9.17) is 5.26 Å². The van der Waals surface area contributed by atoms with Crippen LogP contribution in [0.5, 0.6) is 0 Å². The Bertz CT molecular complexity index is 456. The van der Waals surface area contributed by atoms with Crippen LogP contribution in [0.4, 0.5) is 0 Å². The molecule has 0 amide bonds. The summed E-state index contributed by atoms with van der Waals surface area (Å²) in [5, 5.41) is 8.47. The molecule has 1 rings (SSSR count). The van der Waals surface area contributed by atoms with E-state index in [1.54, 1.807) is 0 Å². The summed E-state index contributed by atoms with van der Waals surface area (Å²) in [7, 11) is -0.564. The first kappa shape index (κ1) is 10.6. The van der Waals surface area contributed by atoms with E-state index in [0.29, 0.717) is 0 Å². The average Bonchev–Trinajstić information content (AvgIpc) is 2.17. The smallest absolute Gasteiger partial charge is 0.244 e. The molecule has 0 radical (unpaired) electrons. The lowest BCUT2D eigenvalue weighted by atomic mass is 10.4. The van der Waals surface area contributed by atoms with Crippen LogP contribution in [0, 0.1) is 11.3 Å². The second-order valence-electron chi connectivity index (χ2n) is 2.78. The minimum atomic E-state index is -3.44.